The normalized spacial score (nSPS) is 10.8. The van der Waals surface area contributed by atoms with E-state index < -0.39 is 0 Å². The van der Waals surface area contributed by atoms with Crippen LogP contribution < -0.4 is 0 Å². The third kappa shape index (κ3) is 1.46. The lowest BCUT2D eigenvalue weighted by molar-refractivity contribution is 0.616. The lowest BCUT2D eigenvalue weighted by Crippen LogP contribution is -1.83. The molecule has 0 aliphatic carbocycles. The third-order valence-corrected chi connectivity index (χ3v) is 2.43. The van der Waals surface area contributed by atoms with E-state index in [0.717, 1.165) is 22.4 Å². The zero-order valence-electron chi connectivity index (χ0n) is 8.84. The van der Waals surface area contributed by atoms with E-state index in [9.17, 15) is 0 Å². The van der Waals surface area contributed by atoms with E-state index in [-0.39, 0.29) is 0 Å². The van der Waals surface area contributed by atoms with Crippen molar-refractivity contribution in [2.45, 2.75) is 6.92 Å². The minimum atomic E-state index is 0.574. The number of nitrogens with zero attached hydrogens (tertiary/aromatic N) is 2. The summed E-state index contributed by atoms with van der Waals surface area (Å²) >= 11 is 0. The van der Waals surface area contributed by atoms with Crippen molar-refractivity contribution in [3.8, 4) is 11.6 Å². The summed E-state index contributed by atoms with van der Waals surface area (Å²) in [5.74, 6) is 0.574. The first kappa shape index (κ1) is 9.09. The highest BCUT2D eigenvalue weighted by molar-refractivity contribution is 5.75. The molecule has 2 heterocycles. The molecule has 0 atom stereocenters. The van der Waals surface area contributed by atoms with Gasteiger partial charge in [0.25, 0.3) is 0 Å². The van der Waals surface area contributed by atoms with Gasteiger partial charge in [0.05, 0.1) is 0 Å². The van der Waals surface area contributed by atoms with Gasteiger partial charge in [0.1, 0.15) is 11.2 Å². The number of aromatic nitrogens is 2. The van der Waals surface area contributed by atoms with Crippen LogP contribution in [0.5, 0.6) is 0 Å². The fourth-order valence-electron chi connectivity index (χ4n) is 1.63. The van der Waals surface area contributed by atoms with Crippen LogP contribution in [0.3, 0.4) is 0 Å². The van der Waals surface area contributed by atoms with E-state index in [2.05, 4.69) is 9.97 Å². The number of rotatable bonds is 1. The summed E-state index contributed by atoms with van der Waals surface area (Å²) in [6.45, 7) is 2.02. The van der Waals surface area contributed by atoms with E-state index >= 15 is 0 Å². The van der Waals surface area contributed by atoms with Gasteiger partial charge in [0, 0.05) is 6.20 Å². The fraction of sp³-hybridized carbons (Fsp3) is 0.0769. The van der Waals surface area contributed by atoms with Gasteiger partial charge in [0.2, 0.25) is 5.89 Å². The van der Waals surface area contributed by atoms with Crippen molar-refractivity contribution in [1.29, 1.82) is 0 Å². The summed E-state index contributed by atoms with van der Waals surface area (Å²) < 4.78 is 5.64. The van der Waals surface area contributed by atoms with Gasteiger partial charge in [-0.15, -0.1) is 0 Å². The molecule has 0 aliphatic heterocycles. The maximum absolute atomic E-state index is 5.64. The number of aryl methyl sites for hydroxylation is 1. The molecule has 0 aliphatic rings. The summed E-state index contributed by atoms with van der Waals surface area (Å²) in [7, 11) is 0. The Morgan fingerprint density at radius 2 is 2.00 bits per heavy atom. The van der Waals surface area contributed by atoms with Crippen LogP contribution in [0.15, 0.2) is 47.0 Å². The topological polar surface area (TPSA) is 38.9 Å². The molecule has 0 saturated carbocycles. The molecular weight excluding hydrogens is 200 g/mol. The minimum Gasteiger partial charge on any atom is -0.435 e. The second-order valence-corrected chi connectivity index (χ2v) is 3.71. The number of fused-ring (bicyclic) bond motifs is 1. The van der Waals surface area contributed by atoms with Gasteiger partial charge in [-0.05, 0) is 36.8 Å². The van der Waals surface area contributed by atoms with E-state index in [1.807, 2.05) is 43.3 Å². The SMILES string of the molecule is Cc1ccnc(-c2nc3ccccc3o2)c1. The summed E-state index contributed by atoms with van der Waals surface area (Å²) in [6, 6.07) is 11.6. The zero-order chi connectivity index (χ0) is 11.0. The highest BCUT2D eigenvalue weighted by Crippen LogP contribution is 2.22. The Kier molecular flexibility index (Phi) is 1.96. The van der Waals surface area contributed by atoms with Crippen LogP contribution in [-0.2, 0) is 0 Å². The average Bonchev–Trinajstić information content (AvgIpc) is 2.72. The van der Waals surface area contributed by atoms with Gasteiger partial charge >= 0.3 is 0 Å². The smallest absolute Gasteiger partial charge is 0.246 e. The summed E-state index contributed by atoms with van der Waals surface area (Å²) in [6.07, 6.45) is 1.76. The maximum atomic E-state index is 5.64. The van der Waals surface area contributed by atoms with E-state index in [1.54, 1.807) is 6.20 Å². The van der Waals surface area contributed by atoms with Gasteiger partial charge in [-0.2, -0.15) is 0 Å². The van der Waals surface area contributed by atoms with Crippen molar-refractivity contribution < 1.29 is 4.42 Å². The summed E-state index contributed by atoms with van der Waals surface area (Å²) in [5.41, 5.74) is 3.57. The number of pyridine rings is 1. The average molecular weight is 210 g/mol. The highest BCUT2D eigenvalue weighted by atomic mass is 16.3. The van der Waals surface area contributed by atoms with Crippen LogP contribution in [0.2, 0.25) is 0 Å². The number of hydrogen-bond acceptors (Lipinski definition) is 3. The molecule has 0 amide bonds. The Bertz CT molecular complexity index is 610. The molecule has 0 N–H and O–H groups in total. The Balaban J connectivity index is 2.19. The molecule has 3 heteroatoms. The van der Waals surface area contributed by atoms with Crippen LogP contribution in [0.1, 0.15) is 5.56 Å². The standard InChI is InChI=1S/C13H10N2O/c1-9-6-7-14-11(8-9)13-15-10-4-2-3-5-12(10)16-13/h2-8H,1H3. The molecule has 0 radical (unpaired) electrons. The molecule has 0 unspecified atom stereocenters. The number of benzene rings is 1. The van der Waals surface area contributed by atoms with Crippen molar-refractivity contribution in [3.05, 3.63) is 48.2 Å². The lowest BCUT2D eigenvalue weighted by Gasteiger charge is -1.94. The maximum Gasteiger partial charge on any atom is 0.246 e. The first-order chi connectivity index (χ1) is 7.83. The predicted octanol–water partition coefficient (Wildman–Crippen LogP) is 3.20. The van der Waals surface area contributed by atoms with E-state index in [4.69, 9.17) is 4.42 Å². The Morgan fingerprint density at radius 3 is 2.81 bits per heavy atom. The molecule has 0 spiro atoms. The molecular formula is C13H10N2O. The molecule has 3 rings (SSSR count). The van der Waals surface area contributed by atoms with Crippen LogP contribution in [-0.4, -0.2) is 9.97 Å². The molecule has 3 aromatic rings. The Labute approximate surface area is 92.8 Å². The van der Waals surface area contributed by atoms with Crippen molar-refractivity contribution in [1.82, 2.24) is 9.97 Å². The van der Waals surface area contributed by atoms with Gasteiger partial charge in [-0.3, -0.25) is 4.98 Å². The van der Waals surface area contributed by atoms with Crippen molar-refractivity contribution in [2.24, 2.45) is 0 Å². The van der Waals surface area contributed by atoms with Crippen molar-refractivity contribution >= 4 is 11.1 Å². The molecule has 78 valence electrons. The lowest BCUT2D eigenvalue weighted by atomic mass is 10.2. The number of para-hydroxylation sites is 2. The predicted molar refractivity (Wildman–Crippen MR) is 62.0 cm³/mol. The summed E-state index contributed by atoms with van der Waals surface area (Å²) in [5, 5.41) is 0. The van der Waals surface area contributed by atoms with Gasteiger partial charge in [-0.1, -0.05) is 12.1 Å². The third-order valence-electron chi connectivity index (χ3n) is 2.43. The first-order valence-electron chi connectivity index (χ1n) is 5.11. The van der Waals surface area contributed by atoms with Crippen LogP contribution in [0.25, 0.3) is 22.7 Å². The molecule has 1 aromatic carbocycles. The Hall–Kier alpha value is -2.16. The first-order valence-corrected chi connectivity index (χ1v) is 5.11. The van der Waals surface area contributed by atoms with E-state index in [1.165, 1.54) is 0 Å². The zero-order valence-corrected chi connectivity index (χ0v) is 8.84. The quantitative estimate of drug-likeness (QED) is 0.619. The number of hydrogen-bond donors (Lipinski definition) is 0. The molecule has 0 saturated heterocycles. The van der Waals surface area contributed by atoms with Gasteiger partial charge in [-0.25, -0.2) is 4.98 Å². The molecule has 0 fully saturated rings. The highest BCUT2D eigenvalue weighted by Gasteiger charge is 2.08. The molecule has 16 heavy (non-hydrogen) atoms. The van der Waals surface area contributed by atoms with Gasteiger partial charge < -0.3 is 4.42 Å². The molecule has 0 bridgehead atoms. The summed E-state index contributed by atoms with van der Waals surface area (Å²) in [4.78, 5) is 8.64. The van der Waals surface area contributed by atoms with Crippen molar-refractivity contribution in [3.63, 3.8) is 0 Å². The van der Waals surface area contributed by atoms with Crippen LogP contribution in [0, 0.1) is 6.92 Å². The fourth-order valence-corrected chi connectivity index (χ4v) is 1.63. The van der Waals surface area contributed by atoms with Gasteiger partial charge in [0.15, 0.2) is 5.58 Å². The molecule has 3 nitrogen and oxygen atoms in total. The monoisotopic (exact) mass is 210 g/mol. The largest absolute Gasteiger partial charge is 0.435 e. The molecule has 2 aromatic heterocycles. The second kappa shape index (κ2) is 3.45. The van der Waals surface area contributed by atoms with Crippen LogP contribution >= 0.6 is 0 Å². The van der Waals surface area contributed by atoms with Crippen LogP contribution in [0.4, 0.5) is 0 Å². The number of oxazole rings is 1. The van der Waals surface area contributed by atoms with Crippen molar-refractivity contribution in [2.75, 3.05) is 0 Å². The van der Waals surface area contributed by atoms with E-state index in [0.29, 0.717) is 5.89 Å². The minimum absolute atomic E-state index is 0.574. The second-order valence-electron chi connectivity index (χ2n) is 3.71. The Morgan fingerprint density at radius 1 is 1.12 bits per heavy atom.